The van der Waals surface area contributed by atoms with E-state index in [4.69, 9.17) is 0 Å². The van der Waals surface area contributed by atoms with Gasteiger partial charge in [0.15, 0.2) is 0 Å². The molecular weight excluding hydrogens is 640 g/mol. The molecule has 22 heteroatoms. The van der Waals surface area contributed by atoms with Crippen LogP contribution >= 0.6 is 0 Å². The Morgan fingerprint density at radius 2 is 0.884 bits per heavy atom. The maximum atomic E-state index is 14.1. The molecule has 0 radical (unpaired) electrons. The first-order valence-corrected chi connectivity index (χ1v) is 11.5. The van der Waals surface area contributed by atoms with Crippen molar-refractivity contribution in [2.24, 2.45) is 11.8 Å². The summed E-state index contributed by atoms with van der Waals surface area (Å²) in [4.78, 5) is 39.3. The number of carbonyl (C=O) groups excluding carboxylic acids is 3. The summed E-state index contributed by atoms with van der Waals surface area (Å²) in [5.41, 5.74) is 0. The molecule has 0 saturated carbocycles. The van der Waals surface area contributed by atoms with Gasteiger partial charge in [-0.1, -0.05) is 0 Å². The van der Waals surface area contributed by atoms with Gasteiger partial charge < -0.3 is 24.2 Å². The lowest BCUT2D eigenvalue weighted by atomic mass is 9.88. The normalized spacial score (nSPS) is 15.9. The highest BCUT2D eigenvalue weighted by Gasteiger charge is 2.76. The average Bonchev–Trinajstić information content (AvgIpc) is 2.81. The summed E-state index contributed by atoms with van der Waals surface area (Å²) in [6.45, 7) is -1.98. The number of hydrogen-bond donors (Lipinski definition) is 0. The molecule has 0 fully saturated rings. The Labute approximate surface area is 234 Å². The number of nitrogens with zero attached hydrogens (tertiary/aromatic N) is 3. The fourth-order valence-corrected chi connectivity index (χ4v) is 3.24. The zero-order valence-electron chi connectivity index (χ0n) is 23.0. The molecule has 0 saturated heterocycles. The number of hydrogen-bond acceptors (Lipinski definition) is 5. The lowest BCUT2D eigenvalue weighted by molar-refractivity contribution is -0.429. The van der Waals surface area contributed by atoms with Gasteiger partial charge in [-0.2, -0.15) is 61.5 Å². The Kier molecular flexibility index (Phi) is 12.7. The predicted molar refractivity (Wildman–Crippen MR) is 115 cm³/mol. The first-order valence-electron chi connectivity index (χ1n) is 11.5. The second-order valence-corrected chi connectivity index (χ2v) is 9.66. The molecule has 0 heterocycles. The van der Waals surface area contributed by atoms with Crippen molar-refractivity contribution in [3.63, 3.8) is 0 Å². The Balaban J connectivity index is 6.64. The zero-order chi connectivity index (χ0) is 34.7. The topological polar surface area (TPSA) is 79.4 Å². The second-order valence-electron chi connectivity index (χ2n) is 9.66. The molecule has 0 aromatic carbocycles. The molecule has 0 aromatic heterocycles. The standard InChI is InChI=1S/C21H27F14N3O5/c1-36(2)13(39)10(8-12(15(41)38(5)6)43-21(34,35)17(24,25)19(29,30)31)7-11(14(40)37(3)4)9-42-20(32,33)16(22,23)18(26,27)28/h10-12H,7-9H2,1-6H3. The third-order valence-electron chi connectivity index (χ3n) is 5.56. The van der Waals surface area contributed by atoms with Crippen LogP contribution in [0, 0.1) is 11.8 Å². The van der Waals surface area contributed by atoms with Crippen LogP contribution in [-0.4, -0.2) is 124 Å². The number of halogens is 14. The van der Waals surface area contributed by atoms with E-state index in [1.165, 1.54) is 0 Å². The molecule has 0 aliphatic carbocycles. The van der Waals surface area contributed by atoms with E-state index in [1.54, 1.807) is 0 Å². The first kappa shape index (κ1) is 40.4. The minimum absolute atomic E-state index is 0.370. The van der Waals surface area contributed by atoms with Gasteiger partial charge in [0.05, 0.1) is 12.5 Å². The van der Waals surface area contributed by atoms with Gasteiger partial charge >= 0.3 is 36.4 Å². The van der Waals surface area contributed by atoms with Crippen LogP contribution in [0.25, 0.3) is 0 Å². The zero-order valence-corrected chi connectivity index (χ0v) is 23.0. The Bertz CT molecular complexity index is 983. The number of likely N-dealkylation sites (N-methyl/N-ethyl adjacent to an activating group) is 1. The summed E-state index contributed by atoms with van der Waals surface area (Å²) in [5, 5.41) is 0. The minimum atomic E-state index is -6.91. The summed E-state index contributed by atoms with van der Waals surface area (Å²) in [6, 6.07) is 0. The minimum Gasteiger partial charge on any atom is -0.349 e. The van der Waals surface area contributed by atoms with E-state index in [-0.39, 0.29) is 0 Å². The third-order valence-corrected chi connectivity index (χ3v) is 5.56. The van der Waals surface area contributed by atoms with Crippen LogP contribution in [0.15, 0.2) is 0 Å². The molecule has 0 aliphatic rings. The summed E-state index contributed by atoms with van der Waals surface area (Å²) in [6.07, 6.45) is -32.3. The highest BCUT2D eigenvalue weighted by molar-refractivity contribution is 5.84. The summed E-state index contributed by atoms with van der Waals surface area (Å²) in [7, 11) is 5.34. The van der Waals surface area contributed by atoms with Crippen LogP contribution in [0.4, 0.5) is 61.5 Å². The quantitative estimate of drug-likeness (QED) is 0.259. The van der Waals surface area contributed by atoms with Gasteiger partial charge in [-0.15, -0.1) is 0 Å². The van der Waals surface area contributed by atoms with Crippen molar-refractivity contribution in [2.75, 3.05) is 48.9 Å². The lowest BCUT2D eigenvalue weighted by Crippen LogP contribution is -2.56. The van der Waals surface area contributed by atoms with Gasteiger partial charge in [0.25, 0.3) is 5.91 Å². The molecule has 43 heavy (non-hydrogen) atoms. The van der Waals surface area contributed by atoms with Crippen molar-refractivity contribution in [1.29, 1.82) is 0 Å². The van der Waals surface area contributed by atoms with E-state index in [0.717, 1.165) is 42.3 Å². The van der Waals surface area contributed by atoms with Crippen molar-refractivity contribution < 1.29 is 85.3 Å². The van der Waals surface area contributed by atoms with Crippen LogP contribution in [0.3, 0.4) is 0 Å². The summed E-state index contributed by atoms with van der Waals surface area (Å²) < 4.78 is 191. The van der Waals surface area contributed by atoms with E-state index >= 15 is 0 Å². The predicted octanol–water partition coefficient (Wildman–Crippen LogP) is 4.25. The number of amides is 3. The Hall–Kier alpha value is -2.65. The molecule has 0 aromatic rings. The van der Waals surface area contributed by atoms with E-state index in [1.807, 2.05) is 0 Å². The van der Waals surface area contributed by atoms with Gasteiger partial charge in [-0.25, -0.2) is 0 Å². The van der Waals surface area contributed by atoms with Crippen molar-refractivity contribution in [1.82, 2.24) is 14.7 Å². The fraction of sp³-hybridized carbons (Fsp3) is 0.857. The lowest BCUT2D eigenvalue weighted by Gasteiger charge is -2.34. The van der Waals surface area contributed by atoms with E-state index in [2.05, 4.69) is 9.47 Å². The van der Waals surface area contributed by atoms with E-state index in [0.29, 0.717) is 14.7 Å². The maximum absolute atomic E-state index is 14.1. The SMILES string of the molecule is CN(C)C(=O)C(COC(F)(F)C(F)(F)C(F)(F)F)CC(CC(OC(F)(F)C(F)(F)C(F)(F)F)C(=O)N(C)C)C(=O)N(C)C. The van der Waals surface area contributed by atoms with Crippen LogP contribution in [0.1, 0.15) is 12.8 Å². The molecule has 0 aliphatic heterocycles. The van der Waals surface area contributed by atoms with Crippen LogP contribution in [0.2, 0.25) is 0 Å². The summed E-state index contributed by atoms with van der Waals surface area (Å²) in [5.74, 6) is -22.5. The first-order chi connectivity index (χ1) is 18.9. The van der Waals surface area contributed by atoms with Gasteiger partial charge in [-0.3, -0.25) is 14.4 Å². The van der Waals surface area contributed by atoms with Gasteiger partial charge in [0.2, 0.25) is 11.8 Å². The van der Waals surface area contributed by atoms with Gasteiger partial charge in [0.1, 0.15) is 6.10 Å². The molecule has 8 nitrogen and oxygen atoms in total. The molecule has 3 unspecified atom stereocenters. The number of carbonyl (C=O) groups is 3. The van der Waals surface area contributed by atoms with Crippen molar-refractivity contribution in [3.05, 3.63) is 0 Å². The number of rotatable bonds is 14. The smallest absolute Gasteiger partial charge is 0.349 e. The third kappa shape index (κ3) is 9.42. The van der Waals surface area contributed by atoms with Crippen molar-refractivity contribution in [3.8, 4) is 0 Å². The maximum Gasteiger partial charge on any atom is 0.462 e. The van der Waals surface area contributed by atoms with Crippen molar-refractivity contribution in [2.45, 2.75) is 55.4 Å². The Morgan fingerprint density at radius 1 is 0.535 bits per heavy atom. The average molecular weight is 667 g/mol. The summed E-state index contributed by atoms with van der Waals surface area (Å²) >= 11 is 0. The Morgan fingerprint density at radius 3 is 1.23 bits per heavy atom. The molecule has 3 amide bonds. The molecule has 0 rings (SSSR count). The van der Waals surface area contributed by atoms with E-state index < -0.39 is 91.5 Å². The molecule has 0 N–H and O–H groups in total. The molecule has 3 atom stereocenters. The van der Waals surface area contributed by atoms with Crippen LogP contribution in [-0.2, 0) is 23.9 Å². The number of ether oxygens (including phenoxy) is 2. The van der Waals surface area contributed by atoms with Gasteiger partial charge in [0, 0.05) is 48.2 Å². The molecule has 254 valence electrons. The highest BCUT2D eigenvalue weighted by atomic mass is 19.4. The van der Waals surface area contributed by atoms with E-state index in [9.17, 15) is 75.8 Å². The second kappa shape index (κ2) is 13.6. The van der Waals surface area contributed by atoms with Crippen LogP contribution < -0.4 is 0 Å². The molecular formula is C21H27F14N3O5. The van der Waals surface area contributed by atoms with Crippen LogP contribution in [0.5, 0.6) is 0 Å². The highest BCUT2D eigenvalue weighted by Crippen LogP contribution is 2.49. The molecule has 0 spiro atoms. The largest absolute Gasteiger partial charge is 0.462 e. The molecule has 0 bridgehead atoms. The number of alkyl halides is 14. The fourth-order valence-electron chi connectivity index (χ4n) is 3.24. The van der Waals surface area contributed by atoms with Gasteiger partial charge in [-0.05, 0) is 12.8 Å². The van der Waals surface area contributed by atoms with Crippen molar-refractivity contribution >= 4 is 17.7 Å². The monoisotopic (exact) mass is 667 g/mol.